The third kappa shape index (κ3) is 4.35. The van der Waals surface area contributed by atoms with Crippen LogP contribution in [-0.2, 0) is 16.4 Å². The molecule has 0 radical (unpaired) electrons. The van der Waals surface area contributed by atoms with Crippen LogP contribution in [0.15, 0.2) is 66.1 Å². The van der Waals surface area contributed by atoms with E-state index in [-0.39, 0.29) is 23.0 Å². The Morgan fingerprint density at radius 1 is 1.07 bits per heavy atom. The Hall–Kier alpha value is -2.84. The Morgan fingerprint density at radius 3 is 2.43 bits per heavy atom. The zero-order chi connectivity index (χ0) is 20.1. The highest BCUT2D eigenvalue weighted by molar-refractivity contribution is 7.91. The van der Waals surface area contributed by atoms with Gasteiger partial charge in [-0.15, -0.1) is 0 Å². The minimum absolute atomic E-state index is 0.0333. The molecular formula is C19H17ClN4O3S. The normalized spacial score (nSPS) is 11.2. The van der Waals surface area contributed by atoms with E-state index in [0.717, 1.165) is 11.8 Å². The standard InChI is InChI=1S/C19H17ClN4O3S/c1-2-28(26,27)19-22-12-15(20)17(23-19)18(25)24(16-10-6-7-11-21-16)13-14-8-4-3-5-9-14/h3-12H,2,13H2,1H3. The van der Waals surface area contributed by atoms with Gasteiger partial charge in [-0.2, -0.15) is 0 Å². The van der Waals surface area contributed by atoms with Crippen LogP contribution in [0.5, 0.6) is 0 Å². The summed E-state index contributed by atoms with van der Waals surface area (Å²) >= 11 is 6.13. The van der Waals surface area contributed by atoms with Crippen molar-refractivity contribution in [3.63, 3.8) is 0 Å². The monoisotopic (exact) mass is 416 g/mol. The van der Waals surface area contributed by atoms with Gasteiger partial charge in [0.25, 0.3) is 5.91 Å². The molecule has 3 aromatic rings. The Balaban J connectivity index is 2.06. The van der Waals surface area contributed by atoms with Crippen molar-refractivity contribution in [1.29, 1.82) is 0 Å². The lowest BCUT2D eigenvalue weighted by molar-refractivity contribution is 0.0978. The van der Waals surface area contributed by atoms with E-state index >= 15 is 0 Å². The molecule has 2 heterocycles. The molecular weight excluding hydrogens is 400 g/mol. The van der Waals surface area contributed by atoms with Crippen LogP contribution in [-0.4, -0.2) is 35.0 Å². The molecule has 3 rings (SSSR count). The molecule has 0 bridgehead atoms. The van der Waals surface area contributed by atoms with Crippen LogP contribution in [0.25, 0.3) is 0 Å². The highest BCUT2D eigenvalue weighted by Crippen LogP contribution is 2.22. The first-order chi connectivity index (χ1) is 13.4. The summed E-state index contributed by atoms with van der Waals surface area (Å²) in [6.07, 6.45) is 2.69. The number of hydrogen-bond acceptors (Lipinski definition) is 6. The van der Waals surface area contributed by atoms with Crippen LogP contribution in [0, 0.1) is 0 Å². The van der Waals surface area contributed by atoms with E-state index in [1.807, 2.05) is 30.3 Å². The van der Waals surface area contributed by atoms with Gasteiger partial charge in [0.2, 0.25) is 15.0 Å². The number of anilines is 1. The van der Waals surface area contributed by atoms with Gasteiger partial charge in [0.15, 0.2) is 5.69 Å². The van der Waals surface area contributed by atoms with Gasteiger partial charge >= 0.3 is 0 Å². The first-order valence-corrected chi connectivity index (χ1v) is 10.5. The molecule has 28 heavy (non-hydrogen) atoms. The summed E-state index contributed by atoms with van der Waals surface area (Å²) in [6, 6.07) is 14.5. The zero-order valence-corrected chi connectivity index (χ0v) is 16.6. The van der Waals surface area contributed by atoms with Crippen LogP contribution < -0.4 is 4.90 Å². The number of halogens is 1. The van der Waals surface area contributed by atoms with Crippen LogP contribution in [0.2, 0.25) is 5.02 Å². The fraction of sp³-hybridized carbons (Fsp3) is 0.158. The van der Waals surface area contributed by atoms with Crippen molar-refractivity contribution < 1.29 is 13.2 Å². The third-order valence-corrected chi connectivity index (χ3v) is 5.73. The number of carbonyl (C=O) groups excluding carboxylic acids is 1. The van der Waals surface area contributed by atoms with E-state index in [1.54, 1.807) is 24.4 Å². The fourth-order valence-electron chi connectivity index (χ4n) is 2.44. The molecule has 0 aliphatic heterocycles. The molecule has 0 aliphatic rings. The van der Waals surface area contributed by atoms with Crippen molar-refractivity contribution in [3.8, 4) is 0 Å². The van der Waals surface area contributed by atoms with E-state index in [9.17, 15) is 13.2 Å². The van der Waals surface area contributed by atoms with Crippen molar-refractivity contribution >= 4 is 33.2 Å². The Bertz CT molecular complexity index is 1080. The molecule has 1 amide bonds. The van der Waals surface area contributed by atoms with Crippen molar-refractivity contribution in [3.05, 3.63) is 77.2 Å². The van der Waals surface area contributed by atoms with Gasteiger partial charge in [0.1, 0.15) is 5.82 Å². The van der Waals surface area contributed by atoms with Crippen molar-refractivity contribution in [2.24, 2.45) is 0 Å². The van der Waals surface area contributed by atoms with Gasteiger partial charge < -0.3 is 0 Å². The number of hydrogen-bond donors (Lipinski definition) is 0. The van der Waals surface area contributed by atoms with E-state index in [1.165, 1.54) is 11.8 Å². The van der Waals surface area contributed by atoms with Crippen molar-refractivity contribution in [2.45, 2.75) is 18.6 Å². The number of rotatable bonds is 6. The highest BCUT2D eigenvalue weighted by Gasteiger charge is 2.26. The number of aromatic nitrogens is 3. The molecule has 0 spiro atoms. The first-order valence-electron chi connectivity index (χ1n) is 8.44. The fourth-order valence-corrected chi connectivity index (χ4v) is 3.32. The maximum atomic E-state index is 13.3. The average Bonchev–Trinajstić information content (AvgIpc) is 2.73. The summed E-state index contributed by atoms with van der Waals surface area (Å²) in [7, 11) is -3.69. The maximum absolute atomic E-state index is 13.3. The summed E-state index contributed by atoms with van der Waals surface area (Å²) in [4.78, 5) is 26.6. The zero-order valence-electron chi connectivity index (χ0n) is 15.0. The number of sulfone groups is 1. The predicted octanol–water partition coefficient (Wildman–Crippen LogP) is 3.17. The molecule has 7 nitrogen and oxygen atoms in total. The number of nitrogens with zero attached hydrogens (tertiary/aromatic N) is 4. The second kappa shape index (κ2) is 8.45. The lowest BCUT2D eigenvalue weighted by atomic mass is 10.2. The summed E-state index contributed by atoms with van der Waals surface area (Å²) in [5.41, 5.74) is 0.679. The number of pyridine rings is 1. The third-order valence-electron chi connectivity index (χ3n) is 3.94. The topological polar surface area (TPSA) is 93.1 Å². The lowest BCUT2D eigenvalue weighted by Crippen LogP contribution is -2.32. The minimum Gasteiger partial charge on any atom is -0.287 e. The molecule has 0 N–H and O–H groups in total. The van der Waals surface area contributed by atoms with Gasteiger partial charge in [-0.25, -0.2) is 23.4 Å². The molecule has 0 unspecified atom stereocenters. The summed E-state index contributed by atoms with van der Waals surface area (Å²) in [6.45, 7) is 1.69. The van der Waals surface area contributed by atoms with Crippen LogP contribution >= 0.6 is 11.6 Å². The molecule has 0 fully saturated rings. The lowest BCUT2D eigenvalue weighted by Gasteiger charge is -2.22. The number of carbonyl (C=O) groups is 1. The maximum Gasteiger partial charge on any atom is 0.280 e. The molecule has 144 valence electrons. The SMILES string of the molecule is CCS(=O)(=O)c1ncc(Cl)c(C(=O)N(Cc2ccccc2)c2ccccn2)n1. The second-order valence-corrected chi connectivity index (χ2v) is 8.40. The molecule has 0 saturated carbocycles. The molecule has 9 heteroatoms. The second-order valence-electron chi connectivity index (χ2n) is 5.82. The molecule has 1 aromatic carbocycles. The van der Waals surface area contributed by atoms with E-state index in [2.05, 4.69) is 15.0 Å². The van der Waals surface area contributed by atoms with E-state index < -0.39 is 20.9 Å². The van der Waals surface area contributed by atoms with Crippen molar-refractivity contribution in [1.82, 2.24) is 15.0 Å². The molecule has 0 saturated heterocycles. The van der Waals surface area contributed by atoms with Gasteiger partial charge in [-0.05, 0) is 17.7 Å². The average molecular weight is 417 g/mol. The van der Waals surface area contributed by atoms with Gasteiger partial charge in [-0.3, -0.25) is 9.69 Å². The van der Waals surface area contributed by atoms with Gasteiger partial charge in [0.05, 0.1) is 23.5 Å². The van der Waals surface area contributed by atoms with Crippen LogP contribution in [0.4, 0.5) is 5.82 Å². The number of amides is 1. The summed E-state index contributed by atoms with van der Waals surface area (Å²) < 4.78 is 24.2. The van der Waals surface area contributed by atoms with Gasteiger partial charge in [0, 0.05) is 6.20 Å². The number of benzene rings is 1. The molecule has 0 aliphatic carbocycles. The molecule has 2 aromatic heterocycles. The summed E-state index contributed by atoms with van der Waals surface area (Å²) in [5, 5.41) is -0.461. The van der Waals surface area contributed by atoms with Crippen LogP contribution in [0.1, 0.15) is 23.0 Å². The first kappa shape index (κ1) is 19.9. The van der Waals surface area contributed by atoms with E-state index in [4.69, 9.17) is 11.6 Å². The Labute approximate surface area is 168 Å². The van der Waals surface area contributed by atoms with Crippen molar-refractivity contribution in [2.75, 3.05) is 10.7 Å². The quantitative estimate of drug-likeness (QED) is 0.573. The summed E-state index contributed by atoms with van der Waals surface area (Å²) in [5.74, 6) is -0.357. The molecule has 0 atom stereocenters. The largest absolute Gasteiger partial charge is 0.287 e. The highest BCUT2D eigenvalue weighted by atomic mass is 35.5. The Morgan fingerprint density at radius 2 is 1.79 bits per heavy atom. The van der Waals surface area contributed by atoms with Gasteiger partial charge in [-0.1, -0.05) is 54.9 Å². The predicted molar refractivity (Wildman–Crippen MR) is 106 cm³/mol. The smallest absolute Gasteiger partial charge is 0.280 e. The Kier molecular flexibility index (Phi) is 6.01. The van der Waals surface area contributed by atoms with E-state index in [0.29, 0.717) is 5.82 Å². The van der Waals surface area contributed by atoms with Crippen LogP contribution in [0.3, 0.4) is 0 Å². The minimum atomic E-state index is -3.69.